The number of hydrogen-bond acceptors (Lipinski definition) is 2. The summed E-state index contributed by atoms with van der Waals surface area (Å²) < 4.78 is 5.90. The van der Waals surface area contributed by atoms with E-state index in [2.05, 4.69) is 20.8 Å². The number of rotatable bonds is 1. The smallest absolute Gasteiger partial charge is 0.193 e. The van der Waals surface area contributed by atoms with Gasteiger partial charge in [-0.2, -0.15) is 0 Å². The van der Waals surface area contributed by atoms with E-state index in [1.807, 2.05) is 48.5 Å². The van der Waals surface area contributed by atoms with E-state index in [1.165, 1.54) is 0 Å². The van der Waals surface area contributed by atoms with Crippen LogP contribution in [-0.2, 0) is 5.41 Å². The Hall–Kier alpha value is -2.35. The normalized spacial score (nSPS) is 11.8. The molecule has 0 radical (unpaired) electrons. The maximum atomic E-state index is 12.4. The van der Waals surface area contributed by atoms with E-state index in [0.29, 0.717) is 16.7 Å². The van der Waals surface area contributed by atoms with Crippen molar-refractivity contribution in [3.63, 3.8) is 0 Å². The van der Waals surface area contributed by atoms with Gasteiger partial charge >= 0.3 is 0 Å². The van der Waals surface area contributed by atoms with E-state index in [4.69, 9.17) is 4.42 Å². The lowest BCUT2D eigenvalue weighted by Crippen LogP contribution is -2.12. The lowest BCUT2D eigenvalue weighted by Gasteiger charge is -2.19. The van der Waals surface area contributed by atoms with E-state index in [1.54, 1.807) is 6.07 Å². The minimum Gasteiger partial charge on any atom is -0.456 e. The van der Waals surface area contributed by atoms with Gasteiger partial charge in [0, 0.05) is 11.6 Å². The van der Waals surface area contributed by atoms with Crippen LogP contribution in [0, 0.1) is 0 Å². The molecule has 1 aromatic heterocycles. The first-order valence-electron chi connectivity index (χ1n) is 7.09. The Morgan fingerprint density at radius 1 is 0.905 bits per heavy atom. The molecule has 21 heavy (non-hydrogen) atoms. The molecule has 2 aromatic carbocycles. The summed E-state index contributed by atoms with van der Waals surface area (Å²) in [6, 6.07) is 17.1. The molecule has 0 bridgehead atoms. The van der Waals surface area contributed by atoms with Gasteiger partial charge in [-0.3, -0.25) is 4.79 Å². The minimum absolute atomic E-state index is 0.00111. The summed E-state index contributed by atoms with van der Waals surface area (Å²) in [4.78, 5) is 12.4. The molecule has 0 saturated carbocycles. The Bertz CT molecular complexity index is 837. The first-order valence-corrected chi connectivity index (χ1v) is 7.09. The molecule has 0 atom stereocenters. The highest BCUT2D eigenvalue weighted by Gasteiger charge is 2.15. The van der Waals surface area contributed by atoms with Crippen molar-refractivity contribution in [2.24, 2.45) is 0 Å². The second-order valence-electron chi connectivity index (χ2n) is 6.30. The molecule has 0 aliphatic rings. The minimum atomic E-state index is 0.00111. The van der Waals surface area contributed by atoms with E-state index in [9.17, 15) is 4.79 Å². The Kier molecular flexibility index (Phi) is 3.17. The maximum Gasteiger partial charge on any atom is 0.193 e. The van der Waals surface area contributed by atoms with Crippen LogP contribution in [-0.4, -0.2) is 0 Å². The van der Waals surface area contributed by atoms with E-state index >= 15 is 0 Å². The van der Waals surface area contributed by atoms with Crippen LogP contribution in [0.15, 0.2) is 63.8 Å². The lowest BCUT2D eigenvalue weighted by atomic mass is 9.86. The van der Waals surface area contributed by atoms with Crippen molar-refractivity contribution < 1.29 is 4.42 Å². The molecule has 2 heteroatoms. The van der Waals surface area contributed by atoms with Crippen LogP contribution in [0.4, 0.5) is 0 Å². The molecule has 0 aliphatic carbocycles. The van der Waals surface area contributed by atoms with E-state index in [0.717, 1.165) is 11.1 Å². The van der Waals surface area contributed by atoms with Crippen molar-refractivity contribution in [1.82, 2.24) is 0 Å². The quantitative estimate of drug-likeness (QED) is 0.642. The molecular formula is C19H18O2. The monoisotopic (exact) mass is 278 g/mol. The molecule has 3 aromatic rings. The topological polar surface area (TPSA) is 30.2 Å². The zero-order valence-corrected chi connectivity index (χ0v) is 12.5. The summed E-state index contributed by atoms with van der Waals surface area (Å²) >= 11 is 0. The van der Waals surface area contributed by atoms with Gasteiger partial charge in [0.15, 0.2) is 5.43 Å². The average Bonchev–Trinajstić information content (AvgIpc) is 2.47. The standard InChI is InChI=1S/C19H18O2/c1-19(2,3)14-9-10-17-15(11-14)16(20)12-18(21-17)13-7-5-4-6-8-13/h4-12H,1-3H3. The highest BCUT2D eigenvalue weighted by Crippen LogP contribution is 2.27. The molecule has 0 saturated heterocycles. The number of fused-ring (bicyclic) bond motifs is 1. The molecule has 3 rings (SSSR count). The van der Waals surface area contributed by atoms with Crippen molar-refractivity contribution in [2.45, 2.75) is 26.2 Å². The van der Waals surface area contributed by atoms with Crippen molar-refractivity contribution >= 4 is 11.0 Å². The highest BCUT2D eigenvalue weighted by atomic mass is 16.3. The third-order valence-electron chi connectivity index (χ3n) is 3.65. The van der Waals surface area contributed by atoms with Gasteiger partial charge in [-0.1, -0.05) is 57.2 Å². The summed E-state index contributed by atoms with van der Waals surface area (Å²) in [5.74, 6) is 0.608. The van der Waals surface area contributed by atoms with Gasteiger partial charge in [-0.25, -0.2) is 0 Å². The number of benzene rings is 2. The van der Waals surface area contributed by atoms with Crippen molar-refractivity contribution in [2.75, 3.05) is 0 Å². The Morgan fingerprint density at radius 3 is 2.29 bits per heavy atom. The second-order valence-corrected chi connectivity index (χ2v) is 6.30. The van der Waals surface area contributed by atoms with Crippen LogP contribution in [0.2, 0.25) is 0 Å². The second kappa shape index (κ2) is 4.88. The summed E-state index contributed by atoms with van der Waals surface area (Å²) in [5, 5.41) is 0.641. The Labute approximate surface area is 124 Å². The molecule has 0 amide bonds. The number of hydrogen-bond donors (Lipinski definition) is 0. The van der Waals surface area contributed by atoms with Gasteiger partial charge in [0.25, 0.3) is 0 Å². The van der Waals surface area contributed by atoms with Crippen molar-refractivity contribution in [3.05, 3.63) is 70.4 Å². The Morgan fingerprint density at radius 2 is 1.62 bits per heavy atom. The summed E-state index contributed by atoms with van der Waals surface area (Å²) in [6.45, 7) is 6.40. The van der Waals surface area contributed by atoms with Crippen LogP contribution < -0.4 is 5.43 Å². The van der Waals surface area contributed by atoms with Gasteiger partial charge < -0.3 is 4.42 Å². The van der Waals surface area contributed by atoms with E-state index < -0.39 is 0 Å². The maximum absolute atomic E-state index is 12.4. The zero-order chi connectivity index (χ0) is 15.0. The van der Waals surface area contributed by atoms with Gasteiger partial charge in [0.05, 0.1) is 5.39 Å². The van der Waals surface area contributed by atoms with Gasteiger partial charge in [0.2, 0.25) is 0 Å². The zero-order valence-electron chi connectivity index (χ0n) is 12.5. The van der Waals surface area contributed by atoms with Crippen LogP contribution in [0.1, 0.15) is 26.3 Å². The highest BCUT2D eigenvalue weighted by molar-refractivity contribution is 5.79. The van der Waals surface area contributed by atoms with E-state index in [-0.39, 0.29) is 10.8 Å². The first-order chi connectivity index (χ1) is 9.95. The van der Waals surface area contributed by atoms with Crippen LogP contribution in [0.5, 0.6) is 0 Å². The largest absolute Gasteiger partial charge is 0.456 e. The van der Waals surface area contributed by atoms with Crippen LogP contribution in [0.25, 0.3) is 22.3 Å². The molecule has 2 nitrogen and oxygen atoms in total. The summed E-state index contributed by atoms with van der Waals surface area (Å²) in [6.07, 6.45) is 0. The molecule has 0 N–H and O–H groups in total. The first kappa shape index (κ1) is 13.6. The predicted molar refractivity (Wildman–Crippen MR) is 86.6 cm³/mol. The third kappa shape index (κ3) is 2.62. The van der Waals surface area contributed by atoms with Crippen LogP contribution >= 0.6 is 0 Å². The molecular weight excluding hydrogens is 260 g/mol. The van der Waals surface area contributed by atoms with Crippen molar-refractivity contribution in [3.8, 4) is 11.3 Å². The fourth-order valence-corrected chi connectivity index (χ4v) is 2.37. The van der Waals surface area contributed by atoms with Gasteiger partial charge in [-0.15, -0.1) is 0 Å². The molecule has 1 heterocycles. The fraction of sp³-hybridized carbons (Fsp3) is 0.211. The van der Waals surface area contributed by atoms with Crippen molar-refractivity contribution in [1.29, 1.82) is 0 Å². The lowest BCUT2D eigenvalue weighted by molar-refractivity contribution is 0.588. The average molecular weight is 278 g/mol. The predicted octanol–water partition coefficient (Wildman–Crippen LogP) is 4.76. The fourth-order valence-electron chi connectivity index (χ4n) is 2.37. The summed E-state index contributed by atoms with van der Waals surface area (Å²) in [5.41, 5.74) is 2.69. The van der Waals surface area contributed by atoms with Gasteiger partial charge in [0.1, 0.15) is 11.3 Å². The SMILES string of the molecule is CC(C)(C)c1ccc2oc(-c3ccccc3)cc(=O)c2c1. The molecule has 0 unspecified atom stereocenters. The molecule has 0 spiro atoms. The molecule has 106 valence electrons. The Balaban J connectivity index is 2.21. The third-order valence-corrected chi connectivity index (χ3v) is 3.65. The van der Waals surface area contributed by atoms with Crippen LogP contribution in [0.3, 0.4) is 0 Å². The van der Waals surface area contributed by atoms with Gasteiger partial charge in [-0.05, 0) is 23.1 Å². The summed E-state index contributed by atoms with van der Waals surface area (Å²) in [7, 11) is 0. The molecule has 0 fully saturated rings. The molecule has 0 aliphatic heterocycles.